The molecule has 0 atom stereocenters. The van der Waals surface area contributed by atoms with E-state index in [1.807, 2.05) is 10.9 Å². The Hall–Kier alpha value is -3.88. The molecule has 0 saturated heterocycles. The van der Waals surface area contributed by atoms with Crippen molar-refractivity contribution in [3.05, 3.63) is 65.5 Å². The van der Waals surface area contributed by atoms with Crippen molar-refractivity contribution >= 4 is 23.9 Å². The van der Waals surface area contributed by atoms with Crippen molar-refractivity contribution < 1.29 is 33.0 Å². The first kappa shape index (κ1) is 21.4. The minimum Gasteiger partial charge on any atom is -0.497 e. The van der Waals surface area contributed by atoms with Crippen molar-refractivity contribution in [2.75, 3.05) is 20.8 Å². The normalized spacial score (nSPS) is 10.3. The van der Waals surface area contributed by atoms with Crippen molar-refractivity contribution in [3.63, 3.8) is 0 Å². The van der Waals surface area contributed by atoms with Gasteiger partial charge in [0.15, 0.2) is 6.61 Å². The fraction of sp³-hybridized carbons (Fsp3) is 0.150. The molecule has 29 heavy (non-hydrogen) atoms. The summed E-state index contributed by atoms with van der Waals surface area (Å²) in [5.74, 6) is -2.07. The maximum atomic E-state index is 13.5. The van der Waals surface area contributed by atoms with Crippen LogP contribution in [-0.4, -0.2) is 38.6 Å². The number of methoxy groups -OCH3 is 2. The van der Waals surface area contributed by atoms with E-state index in [2.05, 4.69) is 0 Å². The van der Waals surface area contributed by atoms with Gasteiger partial charge in [-0.2, -0.15) is 0 Å². The minimum absolute atomic E-state index is 0.236. The van der Waals surface area contributed by atoms with Gasteiger partial charge >= 0.3 is 5.97 Å². The fourth-order valence-electron chi connectivity index (χ4n) is 2.19. The summed E-state index contributed by atoms with van der Waals surface area (Å²) in [6.45, 7) is -0.643. The third-order valence-corrected chi connectivity index (χ3v) is 3.62. The van der Waals surface area contributed by atoms with Crippen LogP contribution in [0.25, 0.3) is 6.08 Å². The van der Waals surface area contributed by atoms with Crippen LogP contribution < -0.4 is 20.3 Å². The van der Waals surface area contributed by atoms with E-state index in [4.69, 9.17) is 14.2 Å². The number of benzene rings is 2. The number of hydrazine groups is 1. The highest BCUT2D eigenvalue weighted by molar-refractivity contribution is 5.96. The van der Waals surface area contributed by atoms with Crippen LogP contribution in [0.3, 0.4) is 0 Å². The lowest BCUT2D eigenvalue weighted by Crippen LogP contribution is -2.43. The number of nitrogens with one attached hydrogen (secondary N) is 2. The van der Waals surface area contributed by atoms with Gasteiger partial charge in [-0.05, 0) is 36.4 Å². The van der Waals surface area contributed by atoms with Gasteiger partial charge in [0.2, 0.25) is 0 Å². The smallest absolute Gasteiger partial charge is 0.331 e. The Kier molecular flexibility index (Phi) is 7.72. The molecular weight excluding hydrogens is 383 g/mol. The maximum Gasteiger partial charge on any atom is 0.331 e. The van der Waals surface area contributed by atoms with Gasteiger partial charge in [-0.25, -0.2) is 9.18 Å². The molecule has 2 N–H and O–H groups in total. The standard InChI is InChI=1S/C20H19FN2O6/c1-27-14-8-9-17(28-2)13(11-14)7-10-19(25)29-12-18(24)22-23-20(26)15-5-3-4-6-16(15)21/h3-11H,12H2,1-2H3,(H,22,24)(H,23,26)/b10-7+. The SMILES string of the molecule is COc1ccc(OC)c(/C=C/C(=O)OCC(=O)NNC(=O)c2ccccc2F)c1. The number of carbonyl (C=O) groups excluding carboxylic acids is 3. The molecule has 0 aromatic heterocycles. The van der Waals surface area contributed by atoms with Gasteiger partial charge in [-0.1, -0.05) is 12.1 Å². The van der Waals surface area contributed by atoms with Gasteiger partial charge in [0.05, 0.1) is 19.8 Å². The molecule has 2 amide bonds. The molecule has 2 rings (SSSR count). The molecule has 0 aliphatic rings. The number of halogens is 1. The van der Waals surface area contributed by atoms with Crippen LogP contribution in [-0.2, 0) is 14.3 Å². The van der Waals surface area contributed by atoms with Crippen molar-refractivity contribution in [3.8, 4) is 11.5 Å². The van der Waals surface area contributed by atoms with Gasteiger partial charge in [0.25, 0.3) is 11.8 Å². The van der Waals surface area contributed by atoms with E-state index < -0.39 is 30.2 Å². The summed E-state index contributed by atoms with van der Waals surface area (Å²) in [6.07, 6.45) is 2.56. The first-order valence-corrected chi connectivity index (χ1v) is 8.35. The largest absolute Gasteiger partial charge is 0.497 e. The second-order valence-electron chi connectivity index (χ2n) is 5.53. The van der Waals surface area contributed by atoms with Crippen molar-refractivity contribution in [2.24, 2.45) is 0 Å². The van der Waals surface area contributed by atoms with Crippen LogP contribution in [0.15, 0.2) is 48.5 Å². The van der Waals surface area contributed by atoms with Crippen LogP contribution in [0.2, 0.25) is 0 Å². The highest BCUT2D eigenvalue weighted by atomic mass is 19.1. The number of ether oxygens (including phenoxy) is 3. The van der Waals surface area contributed by atoms with Crippen LogP contribution in [0.1, 0.15) is 15.9 Å². The van der Waals surface area contributed by atoms with E-state index in [1.54, 1.807) is 18.2 Å². The number of hydrogen-bond donors (Lipinski definition) is 2. The molecule has 0 saturated carbocycles. The molecule has 152 valence electrons. The monoisotopic (exact) mass is 402 g/mol. The van der Waals surface area contributed by atoms with Gasteiger partial charge in [0.1, 0.15) is 17.3 Å². The third kappa shape index (κ3) is 6.35. The summed E-state index contributed by atoms with van der Waals surface area (Å²) in [5.41, 5.74) is 4.40. The van der Waals surface area contributed by atoms with Gasteiger partial charge in [-0.3, -0.25) is 20.4 Å². The average molecular weight is 402 g/mol. The highest BCUT2D eigenvalue weighted by Gasteiger charge is 2.12. The lowest BCUT2D eigenvalue weighted by molar-refractivity contribution is -0.144. The average Bonchev–Trinajstić information content (AvgIpc) is 2.74. The molecule has 0 radical (unpaired) electrons. The van der Waals surface area contributed by atoms with Crippen molar-refractivity contribution in [1.29, 1.82) is 0 Å². The zero-order valence-electron chi connectivity index (χ0n) is 15.7. The summed E-state index contributed by atoms with van der Waals surface area (Å²) in [6, 6.07) is 10.3. The molecular formula is C20H19FN2O6. The molecule has 0 bridgehead atoms. The summed E-state index contributed by atoms with van der Waals surface area (Å²) < 4.78 is 28.6. The van der Waals surface area contributed by atoms with Crippen LogP contribution >= 0.6 is 0 Å². The number of amides is 2. The van der Waals surface area contributed by atoms with E-state index in [0.29, 0.717) is 17.1 Å². The Morgan fingerprint density at radius 1 is 1.03 bits per heavy atom. The van der Waals surface area contributed by atoms with E-state index in [-0.39, 0.29) is 5.56 Å². The number of esters is 1. The Morgan fingerprint density at radius 2 is 1.79 bits per heavy atom. The molecule has 0 fully saturated rings. The van der Waals surface area contributed by atoms with Gasteiger partial charge < -0.3 is 14.2 Å². The minimum atomic E-state index is -0.840. The quantitative estimate of drug-likeness (QED) is 0.416. The number of carbonyl (C=O) groups is 3. The molecule has 0 spiro atoms. The predicted molar refractivity (Wildman–Crippen MR) is 102 cm³/mol. The number of hydrogen-bond acceptors (Lipinski definition) is 6. The summed E-state index contributed by atoms with van der Waals surface area (Å²) in [5, 5.41) is 0. The van der Waals surface area contributed by atoms with Crippen LogP contribution in [0.4, 0.5) is 4.39 Å². The Bertz CT molecular complexity index is 929. The molecule has 9 heteroatoms. The van der Waals surface area contributed by atoms with Crippen molar-refractivity contribution in [1.82, 2.24) is 10.9 Å². The molecule has 0 heterocycles. The fourth-order valence-corrected chi connectivity index (χ4v) is 2.19. The lowest BCUT2D eigenvalue weighted by atomic mass is 10.1. The summed E-state index contributed by atoms with van der Waals surface area (Å²) in [7, 11) is 2.99. The number of rotatable bonds is 7. The molecule has 2 aromatic rings. The van der Waals surface area contributed by atoms with Crippen molar-refractivity contribution in [2.45, 2.75) is 0 Å². The molecule has 8 nitrogen and oxygen atoms in total. The molecule has 0 unspecified atom stereocenters. The maximum absolute atomic E-state index is 13.5. The Morgan fingerprint density at radius 3 is 2.48 bits per heavy atom. The second-order valence-corrected chi connectivity index (χ2v) is 5.53. The molecule has 0 aliphatic carbocycles. The third-order valence-electron chi connectivity index (χ3n) is 3.62. The van der Waals surface area contributed by atoms with Gasteiger partial charge in [-0.15, -0.1) is 0 Å². The lowest BCUT2D eigenvalue weighted by Gasteiger charge is -2.08. The first-order valence-electron chi connectivity index (χ1n) is 8.35. The van der Waals surface area contributed by atoms with Crippen LogP contribution in [0.5, 0.6) is 11.5 Å². The topological polar surface area (TPSA) is 103 Å². The zero-order valence-corrected chi connectivity index (χ0v) is 15.7. The van der Waals surface area contributed by atoms with E-state index in [0.717, 1.165) is 12.1 Å². The Labute approximate surface area is 166 Å². The first-order chi connectivity index (χ1) is 13.9. The zero-order chi connectivity index (χ0) is 21.2. The Balaban J connectivity index is 1.83. The van der Waals surface area contributed by atoms with E-state index in [9.17, 15) is 18.8 Å². The van der Waals surface area contributed by atoms with E-state index >= 15 is 0 Å². The summed E-state index contributed by atoms with van der Waals surface area (Å²) >= 11 is 0. The van der Waals surface area contributed by atoms with Crippen LogP contribution in [0, 0.1) is 5.82 Å². The second kappa shape index (κ2) is 10.5. The highest BCUT2D eigenvalue weighted by Crippen LogP contribution is 2.25. The van der Waals surface area contributed by atoms with E-state index in [1.165, 1.54) is 38.5 Å². The molecule has 0 aliphatic heterocycles. The molecule has 2 aromatic carbocycles. The predicted octanol–water partition coefficient (Wildman–Crippen LogP) is 1.86. The van der Waals surface area contributed by atoms with Gasteiger partial charge in [0, 0.05) is 11.6 Å². The summed E-state index contributed by atoms with van der Waals surface area (Å²) in [4.78, 5) is 35.2.